The van der Waals surface area contributed by atoms with E-state index in [1.54, 1.807) is 0 Å². The van der Waals surface area contributed by atoms with Crippen molar-refractivity contribution in [2.24, 2.45) is 0 Å². The lowest BCUT2D eigenvalue weighted by molar-refractivity contribution is -0.137. The summed E-state index contributed by atoms with van der Waals surface area (Å²) in [5.41, 5.74) is 0. The fourth-order valence-corrected chi connectivity index (χ4v) is 1.15. The molecule has 0 heterocycles. The van der Waals surface area contributed by atoms with Crippen LogP contribution in [0.4, 0.5) is 0 Å². The highest BCUT2D eigenvalue weighted by Gasteiger charge is 2.26. The van der Waals surface area contributed by atoms with Crippen LogP contribution in [0.1, 0.15) is 39.5 Å². The summed E-state index contributed by atoms with van der Waals surface area (Å²) >= 11 is 0. The lowest BCUT2D eigenvalue weighted by atomic mass is 10.0. The van der Waals surface area contributed by atoms with Crippen LogP contribution in [0.15, 0.2) is 0 Å². The van der Waals surface area contributed by atoms with Crippen LogP contribution in [-0.4, -0.2) is 39.4 Å². The van der Waals surface area contributed by atoms with Gasteiger partial charge in [0.05, 0.1) is 6.10 Å². The third kappa shape index (κ3) is 4.69. The second kappa shape index (κ2) is 6.92. The predicted octanol–water partition coefficient (Wildman–Crippen LogP) is 0.238. The summed E-state index contributed by atoms with van der Waals surface area (Å²) in [4.78, 5) is 11.2. The molecule has 0 unspecified atom stereocenters. The van der Waals surface area contributed by atoms with E-state index in [0.29, 0.717) is 0 Å². The third-order valence-corrected chi connectivity index (χ3v) is 2.17. The summed E-state index contributed by atoms with van der Waals surface area (Å²) in [7, 11) is 0. The molecule has 0 aliphatic carbocycles. The van der Waals surface area contributed by atoms with Crippen LogP contribution in [0.2, 0.25) is 0 Å². The number of hydrogen-bond acceptors (Lipinski definition) is 4. The fraction of sp³-hybridized carbons (Fsp3) is 0.900. The van der Waals surface area contributed by atoms with Crippen molar-refractivity contribution in [3.8, 4) is 0 Å². The summed E-state index contributed by atoms with van der Waals surface area (Å²) in [5.74, 6) is -0.396. The summed E-state index contributed by atoms with van der Waals surface area (Å²) in [6, 6.07) is 0. The molecule has 0 aromatic carbocycles. The van der Waals surface area contributed by atoms with Crippen molar-refractivity contribution in [1.29, 1.82) is 0 Å². The zero-order valence-corrected chi connectivity index (χ0v) is 8.81. The molecule has 0 spiro atoms. The third-order valence-electron chi connectivity index (χ3n) is 2.17. The molecule has 3 atom stereocenters. The van der Waals surface area contributed by atoms with Gasteiger partial charge >= 0.3 is 0 Å². The minimum absolute atomic E-state index is 0.263. The van der Waals surface area contributed by atoms with Gasteiger partial charge in [0.1, 0.15) is 12.2 Å². The van der Waals surface area contributed by atoms with E-state index in [9.17, 15) is 15.0 Å². The number of carbonyl (C=O) groups excluding carboxylic acids is 1. The fourth-order valence-electron chi connectivity index (χ4n) is 1.15. The van der Waals surface area contributed by atoms with E-state index in [1.807, 2.05) is 6.92 Å². The van der Waals surface area contributed by atoms with Gasteiger partial charge in [0.25, 0.3) is 0 Å². The molecule has 84 valence electrons. The first-order chi connectivity index (χ1) is 6.50. The molecular weight excluding hydrogens is 184 g/mol. The van der Waals surface area contributed by atoms with Crippen LogP contribution in [0, 0.1) is 0 Å². The molecule has 0 saturated heterocycles. The molecule has 0 rings (SSSR count). The van der Waals surface area contributed by atoms with Gasteiger partial charge in [0.2, 0.25) is 0 Å². The maximum atomic E-state index is 11.2. The van der Waals surface area contributed by atoms with Crippen LogP contribution < -0.4 is 0 Å². The minimum atomic E-state index is -1.45. The lowest BCUT2D eigenvalue weighted by Crippen LogP contribution is -2.40. The number of hydrogen-bond donors (Lipinski definition) is 3. The van der Waals surface area contributed by atoms with Gasteiger partial charge in [-0.3, -0.25) is 4.79 Å². The molecule has 0 aromatic heterocycles. The SMILES string of the molecule is CCCCCC(=O)[C@H](O)[C@H](O)[C@@H](C)O. The molecule has 0 aliphatic heterocycles. The van der Waals surface area contributed by atoms with Gasteiger partial charge in [-0.2, -0.15) is 0 Å². The standard InChI is InChI=1S/C10H20O4/c1-3-4-5-6-8(12)10(14)9(13)7(2)11/h7,9-11,13-14H,3-6H2,1-2H3/t7-,9-,10+/m1/s1. The smallest absolute Gasteiger partial charge is 0.164 e. The minimum Gasteiger partial charge on any atom is -0.391 e. The van der Waals surface area contributed by atoms with Gasteiger partial charge < -0.3 is 15.3 Å². The highest BCUT2D eigenvalue weighted by molar-refractivity contribution is 5.83. The first-order valence-corrected chi connectivity index (χ1v) is 5.07. The van der Waals surface area contributed by atoms with Crippen LogP contribution in [0.3, 0.4) is 0 Å². The van der Waals surface area contributed by atoms with Gasteiger partial charge in [-0.05, 0) is 13.3 Å². The molecule has 0 bridgehead atoms. The molecule has 3 N–H and O–H groups in total. The number of unbranched alkanes of at least 4 members (excludes halogenated alkanes) is 2. The normalized spacial score (nSPS) is 17.5. The van der Waals surface area contributed by atoms with E-state index < -0.39 is 24.1 Å². The Hall–Kier alpha value is -0.450. The van der Waals surface area contributed by atoms with E-state index >= 15 is 0 Å². The second-order valence-electron chi connectivity index (χ2n) is 3.60. The molecular formula is C10H20O4. The Labute approximate surface area is 84.6 Å². The van der Waals surface area contributed by atoms with Crippen molar-refractivity contribution in [2.75, 3.05) is 0 Å². The first-order valence-electron chi connectivity index (χ1n) is 5.07. The number of ketones is 1. The quantitative estimate of drug-likeness (QED) is 0.519. The van der Waals surface area contributed by atoms with E-state index in [4.69, 9.17) is 5.11 Å². The van der Waals surface area contributed by atoms with Crippen LogP contribution in [0.5, 0.6) is 0 Å². The first kappa shape index (κ1) is 13.5. The highest BCUT2D eigenvalue weighted by atomic mass is 16.4. The summed E-state index contributed by atoms with van der Waals surface area (Å²) in [5, 5.41) is 27.4. The summed E-state index contributed by atoms with van der Waals surface area (Å²) < 4.78 is 0. The Balaban J connectivity index is 3.86. The van der Waals surface area contributed by atoms with Crippen molar-refractivity contribution in [3.05, 3.63) is 0 Å². The van der Waals surface area contributed by atoms with Crippen molar-refractivity contribution < 1.29 is 20.1 Å². The molecule has 0 aliphatic rings. The Morgan fingerprint density at radius 2 is 1.79 bits per heavy atom. The van der Waals surface area contributed by atoms with Crippen LogP contribution >= 0.6 is 0 Å². The van der Waals surface area contributed by atoms with E-state index in [2.05, 4.69) is 0 Å². The maximum Gasteiger partial charge on any atom is 0.164 e. The van der Waals surface area contributed by atoms with Gasteiger partial charge in [-0.15, -0.1) is 0 Å². The van der Waals surface area contributed by atoms with Gasteiger partial charge in [0, 0.05) is 6.42 Å². The number of carbonyl (C=O) groups is 1. The average Bonchev–Trinajstić information content (AvgIpc) is 2.15. The van der Waals surface area contributed by atoms with Crippen LogP contribution in [-0.2, 0) is 4.79 Å². The molecule has 0 aromatic rings. The predicted molar refractivity (Wildman–Crippen MR) is 52.8 cm³/mol. The molecule has 0 amide bonds. The summed E-state index contributed by atoms with van der Waals surface area (Å²) in [6.45, 7) is 3.36. The van der Waals surface area contributed by atoms with E-state index in [1.165, 1.54) is 6.92 Å². The van der Waals surface area contributed by atoms with Gasteiger partial charge in [-0.25, -0.2) is 0 Å². The zero-order chi connectivity index (χ0) is 11.1. The number of aliphatic hydroxyl groups is 3. The van der Waals surface area contributed by atoms with Crippen LogP contribution in [0.25, 0.3) is 0 Å². The molecule has 4 heteroatoms. The number of rotatable bonds is 7. The molecule has 14 heavy (non-hydrogen) atoms. The van der Waals surface area contributed by atoms with E-state index in [-0.39, 0.29) is 6.42 Å². The number of Topliss-reactive ketones (excluding diaryl/α,β-unsaturated/α-hetero) is 1. The molecule has 0 fully saturated rings. The van der Waals surface area contributed by atoms with Gasteiger partial charge in [-0.1, -0.05) is 19.8 Å². The van der Waals surface area contributed by atoms with Crippen molar-refractivity contribution in [1.82, 2.24) is 0 Å². The Kier molecular flexibility index (Phi) is 6.70. The number of aliphatic hydroxyl groups excluding tert-OH is 3. The second-order valence-corrected chi connectivity index (χ2v) is 3.60. The topological polar surface area (TPSA) is 77.8 Å². The van der Waals surface area contributed by atoms with Crippen molar-refractivity contribution in [2.45, 2.75) is 57.8 Å². The largest absolute Gasteiger partial charge is 0.391 e. The Bertz CT molecular complexity index is 168. The molecule has 4 nitrogen and oxygen atoms in total. The maximum absolute atomic E-state index is 11.2. The molecule has 0 saturated carbocycles. The van der Waals surface area contributed by atoms with E-state index in [0.717, 1.165) is 19.3 Å². The monoisotopic (exact) mass is 204 g/mol. The highest BCUT2D eigenvalue weighted by Crippen LogP contribution is 2.07. The summed E-state index contributed by atoms with van der Waals surface area (Å²) in [6.07, 6.45) is -0.986. The van der Waals surface area contributed by atoms with Gasteiger partial charge in [0.15, 0.2) is 5.78 Å². The van der Waals surface area contributed by atoms with Crippen molar-refractivity contribution in [3.63, 3.8) is 0 Å². The lowest BCUT2D eigenvalue weighted by Gasteiger charge is -2.18. The Morgan fingerprint density at radius 1 is 1.21 bits per heavy atom. The Morgan fingerprint density at radius 3 is 2.21 bits per heavy atom. The zero-order valence-electron chi connectivity index (χ0n) is 8.81. The average molecular weight is 204 g/mol. The van der Waals surface area contributed by atoms with Crippen molar-refractivity contribution >= 4 is 5.78 Å². The molecule has 0 radical (unpaired) electrons.